The molecule has 2 N–H and O–H groups in total. The van der Waals surface area contributed by atoms with Crippen LogP contribution in [0.25, 0.3) is 22.2 Å². The number of para-hydroxylation sites is 1. The van der Waals surface area contributed by atoms with E-state index in [1.165, 1.54) is 25.7 Å². The zero-order valence-corrected chi connectivity index (χ0v) is 25.3. The average molecular weight is 585 g/mol. The van der Waals surface area contributed by atoms with Crippen LogP contribution in [0.3, 0.4) is 0 Å². The van der Waals surface area contributed by atoms with Gasteiger partial charge < -0.3 is 20.3 Å². The summed E-state index contributed by atoms with van der Waals surface area (Å²) in [4.78, 5) is 21.7. The van der Waals surface area contributed by atoms with Gasteiger partial charge in [0, 0.05) is 35.6 Å². The van der Waals surface area contributed by atoms with Gasteiger partial charge in [0.15, 0.2) is 5.75 Å². The van der Waals surface area contributed by atoms with Crippen molar-refractivity contribution in [3.05, 3.63) is 96.1 Å². The van der Waals surface area contributed by atoms with Gasteiger partial charge in [0.2, 0.25) is 0 Å². The maximum atomic E-state index is 14.2. The van der Waals surface area contributed by atoms with E-state index in [1.807, 2.05) is 72.8 Å². The summed E-state index contributed by atoms with van der Waals surface area (Å²) >= 11 is 0. The number of fused-ring (bicyclic) bond motifs is 3. The average Bonchev–Trinajstić information content (AvgIpc) is 3.21. The van der Waals surface area contributed by atoms with E-state index in [9.17, 15) is 4.79 Å². The highest BCUT2D eigenvalue weighted by Gasteiger charge is 2.38. The van der Waals surface area contributed by atoms with E-state index in [0.29, 0.717) is 41.7 Å². The minimum absolute atomic E-state index is 0. The lowest BCUT2D eigenvalue weighted by molar-refractivity contribution is 0.0933. The van der Waals surface area contributed by atoms with E-state index in [1.54, 1.807) is 0 Å². The molecule has 1 amide bonds. The molecule has 4 aromatic rings. The van der Waals surface area contributed by atoms with Gasteiger partial charge in [0.1, 0.15) is 12.3 Å². The molecule has 2 aliphatic heterocycles. The number of carbonyl (C=O) groups excluding carboxylic acids is 1. The fourth-order valence-corrected chi connectivity index (χ4v) is 6.68. The van der Waals surface area contributed by atoms with Gasteiger partial charge in [0.25, 0.3) is 5.91 Å². The molecular weight excluding hydrogens is 544 g/mol. The van der Waals surface area contributed by atoms with E-state index in [0.717, 1.165) is 35.0 Å². The molecule has 3 unspecified atom stereocenters. The summed E-state index contributed by atoms with van der Waals surface area (Å²) in [5, 5.41) is 7.85. The zero-order chi connectivity index (χ0) is 28.2. The number of amides is 1. The molecule has 0 aliphatic carbocycles. The number of benzene rings is 3. The third kappa shape index (κ3) is 6.31. The molecule has 2 saturated heterocycles. The standard InChI is InChI=1S/C35H40N4O2.ClH/c1-3-30(24-12-6-4-7-13-24)38-35(40)32-29-16-10-11-17-31(29)37-33(25-14-8-5-9-15-25)34(32)41-21-20-36-26-22-27-18-19-28(23-26)39(27)2;/h4-17,26-28,30,36H,3,18-23H2,1-2H3,(H,38,40);1H/t26?,27-,28?,30?;/m0./s1. The predicted molar refractivity (Wildman–Crippen MR) is 172 cm³/mol. The first-order valence-corrected chi connectivity index (χ1v) is 15.0. The van der Waals surface area contributed by atoms with Crippen LogP contribution in [0.1, 0.15) is 61.0 Å². The first-order chi connectivity index (χ1) is 20.1. The largest absolute Gasteiger partial charge is 0.489 e. The maximum Gasteiger partial charge on any atom is 0.256 e. The Morgan fingerprint density at radius 2 is 1.60 bits per heavy atom. The van der Waals surface area contributed by atoms with Crippen molar-refractivity contribution in [1.29, 1.82) is 0 Å². The summed E-state index contributed by atoms with van der Waals surface area (Å²) in [5.74, 6) is 0.395. The number of pyridine rings is 1. The summed E-state index contributed by atoms with van der Waals surface area (Å²) in [7, 11) is 2.27. The Labute approximate surface area is 255 Å². The topological polar surface area (TPSA) is 66.5 Å². The number of hydrogen-bond acceptors (Lipinski definition) is 5. The highest BCUT2D eigenvalue weighted by molar-refractivity contribution is 6.10. The number of carbonyl (C=O) groups is 1. The number of rotatable bonds is 10. The molecule has 0 saturated carbocycles. The van der Waals surface area contributed by atoms with Crippen molar-refractivity contribution in [3.63, 3.8) is 0 Å². The molecule has 220 valence electrons. The zero-order valence-electron chi connectivity index (χ0n) is 24.5. The minimum Gasteiger partial charge on any atom is -0.489 e. The lowest BCUT2D eigenvalue weighted by atomic mass is 9.98. The van der Waals surface area contributed by atoms with Gasteiger partial charge >= 0.3 is 0 Å². The smallest absolute Gasteiger partial charge is 0.256 e. The predicted octanol–water partition coefficient (Wildman–Crippen LogP) is 6.80. The molecule has 2 aliphatic rings. The number of nitrogens with one attached hydrogen (secondary N) is 2. The minimum atomic E-state index is -0.147. The Hall–Kier alpha value is -3.45. The monoisotopic (exact) mass is 584 g/mol. The molecular formula is C35H41ClN4O2. The van der Waals surface area contributed by atoms with Crippen molar-refractivity contribution in [1.82, 2.24) is 20.5 Å². The van der Waals surface area contributed by atoms with Gasteiger partial charge in [-0.25, -0.2) is 4.98 Å². The second kappa shape index (κ2) is 13.7. The molecule has 6 nitrogen and oxygen atoms in total. The summed E-state index contributed by atoms with van der Waals surface area (Å²) < 4.78 is 6.56. The van der Waals surface area contributed by atoms with Gasteiger partial charge in [-0.15, -0.1) is 12.4 Å². The summed E-state index contributed by atoms with van der Waals surface area (Å²) in [6.45, 7) is 3.27. The molecule has 6 rings (SSSR count). The Morgan fingerprint density at radius 3 is 2.29 bits per heavy atom. The number of halogens is 1. The van der Waals surface area contributed by atoms with E-state index in [-0.39, 0.29) is 24.4 Å². The van der Waals surface area contributed by atoms with Crippen LogP contribution >= 0.6 is 12.4 Å². The number of hydrogen-bond donors (Lipinski definition) is 2. The Balaban J connectivity index is 0.00000353. The normalized spacial score (nSPS) is 20.6. The van der Waals surface area contributed by atoms with Gasteiger partial charge in [-0.05, 0) is 50.8 Å². The third-order valence-electron chi connectivity index (χ3n) is 8.92. The van der Waals surface area contributed by atoms with Crippen molar-refractivity contribution in [2.24, 2.45) is 0 Å². The van der Waals surface area contributed by atoms with Gasteiger partial charge in [0.05, 0.1) is 17.1 Å². The first-order valence-electron chi connectivity index (χ1n) is 15.0. The van der Waals surface area contributed by atoms with Crippen LogP contribution in [-0.2, 0) is 0 Å². The number of piperidine rings is 1. The van der Waals surface area contributed by atoms with Crippen LogP contribution in [0.2, 0.25) is 0 Å². The number of ether oxygens (including phenoxy) is 1. The Morgan fingerprint density at radius 1 is 0.952 bits per heavy atom. The van der Waals surface area contributed by atoms with Crippen molar-refractivity contribution in [2.75, 3.05) is 20.2 Å². The molecule has 1 aromatic heterocycles. The van der Waals surface area contributed by atoms with Crippen LogP contribution in [0.15, 0.2) is 84.9 Å². The van der Waals surface area contributed by atoms with Crippen LogP contribution in [-0.4, -0.2) is 54.1 Å². The van der Waals surface area contributed by atoms with Crippen LogP contribution in [0.5, 0.6) is 5.75 Å². The summed E-state index contributed by atoms with van der Waals surface area (Å²) in [5.41, 5.74) is 4.03. The molecule has 3 heterocycles. The second-order valence-electron chi connectivity index (χ2n) is 11.4. The molecule has 7 heteroatoms. The third-order valence-corrected chi connectivity index (χ3v) is 8.92. The van der Waals surface area contributed by atoms with Gasteiger partial charge in [-0.2, -0.15) is 0 Å². The van der Waals surface area contributed by atoms with Crippen LogP contribution < -0.4 is 15.4 Å². The summed E-state index contributed by atoms with van der Waals surface area (Å²) in [6, 6.07) is 29.8. The number of aromatic nitrogens is 1. The van der Waals surface area contributed by atoms with Gasteiger partial charge in [-0.1, -0.05) is 85.8 Å². The van der Waals surface area contributed by atoms with Gasteiger partial charge in [-0.3, -0.25) is 4.79 Å². The molecule has 3 aromatic carbocycles. The van der Waals surface area contributed by atoms with Crippen LogP contribution in [0, 0.1) is 0 Å². The van der Waals surface area contributed by atoms with Crippen molar-refractivity contribution < 1.29 is 9.53 Å². The van der Waals surface area contributed by atoms with E-state index >= 15 is 0 Å². The first kappa shape index (κ1) is 30.0. The SMILES string of the molecule is CCC(NC(=O)c1c(OCCNC2CC3CC[C@@H](C2)N3C)c(-c2ccccc2)nc2ccccc12)c1ccccc1.Cl. The second-order valence-corrected chi connectivity index (χ2v) is 11.4. The highest BCUT2D eigenvalue weighted by atomic mass is 35.5. The molecule has 2 fully saturated rings. The lowest BCUT2D eigenvalue weighted by Gasteiger charge is -2.36. The fourth-order valence-electron chi connectivity index (χ4n) is 6.68. The molecule has 0 radical (unpaired) electrons. The highest BCUT2D eigenvalue weighted by Crippen LogP contribution is 2.37. The molecule has 42 heavy (non-hydrogen) atoms. The fraction of sp³-hybridized carbons (Fsp3) is 0.371. The molecule has 4 atom stereocenters. The Kier molecular flexibility index (Phi) is 9.78. The van der Waals surface area contributed by atoms with Crippen molar-refractivity contribution in [3.8, 4) is 17.0 Å². The summed E-state index contributed by atoms with van der Waals surface area (Å²) in [6.07, 6.45) is 5.76. The molecule has 2 bridgehead atoms. The maximum absolute atomic E-state index is 14.2. The van der Waals surface area contributed by atoms with Crippen molar-refractivity contribution >= 4 is 29.2 Å². The molecule has 0 spiro atoms. The van der Waals surface area contributed by atoms with E-state index < -0.39 is 0 Å². The van der Waals surface area contributed by atoms with E-state index in [4.69, 9.17) is 9.72 Å². The van der Waals surface area contributed by atoms with E-state index in [2.05, 4.69) is 41.6 Å². The quantitative estimate of drug-likeness (QED) is 0.201. The Bertz CT molecular complexity index is 1470. The van der Waals surface area contributed by atoms with Crippen LogP contribution in [0.4, 0.5) is 0 Å². The number of nitrogens with zero attached hydrogens (tertiary/aromatic N) is 2. The lowest BCUT2D eigenvalue weighted by Crippen LogP contribution is -2.47. The van der Waals surface area contributed by atoms with Crippen molar-refractivity contribution in [2.45, 2.75) is 63.2 Å².